The first-order chi connectivity index (χ1) is 12.2. The van der Waals surface area contributed by atoms with Crippen molar-refractivity contribution in [3.63, 3.8) is 0 Å². The quantitative estimate of drug-likeness (QED) is 0.564. The van der Waals surface area contributed by atoms with Gasteiger partial charge in [0, 0.05) is 40.8 Å². The number of nitrogens with one attached hydrogen (secondary N) is 1. The molecule has 0 unspecified atom stereocenters. The Labute approximate surface area is 148 Å². The molecule has 0 radical (unpaired) electrons. The van der Waals surface area contributed by atoms with Gasteiger partial charge in [-0.2, -0.15) is 10.5 Å². The smallest absolute Gasteiger partial charge is 0.268 e. The zero-order valence-corrected chi connectivity index (χ0v) is 14.0. The Morgan fingerprint density at radius 1 is 1.36 bits per heavy atom. The van der Waals surface area contributed by atoms with Gasteiger partial charge in [-0.25, -0.2) is 4.98 Å². The molecule has 3 rings (SSSR count). The lowest BCUT2D eigenvalue weighted by molar-refractivity contribution is -0.112. The van der Waals surface area contributed by atoms with E-state index < -0.39 is 5.91 Å². The molecule has 7 heteroatoms. The van der Waals surface area contributed by atoms with Crippen molar-refractivity contribution in [3.8, 4) is 12.1 Å². The Bertz CT molecular complexity index is 1020. The summed E-state index contributed by atoms with van der Waals surface area (Å²) in [6.07, 6.45) is 5.39. The number of carbonyl (C=O) groups excluding carboxylic acids is 1. The minimum absolute atomic E-state index is 0.00149. The minimum atomic E-state index is -0.494. The number of carbonyl (C=O) groups is 1. The largest absolute Gasteiger partial charge is 0.346 e. The molecule has 0 aliphatic heterocycles. The van der Waals surface area contributed by atoms with Crippen LogP contribution in [0, 0.1) is 22.7 Å². The van der Waals surface area contributed by atoms with Gasteiger partial charge in [-0.3, -0.25) is 10.1 Å². The van der Waals surface area contributed by atoms with E-state index in [0.29, 0.717) is 18.1 Å². The van der Waals surface area contributed by atoms with E-state index in [9.17, 15) is 10.1 Å². The maximum Gasteiger partial charge on any atom is 0.268 e. The molecule has 0 aliphatic rings. The Morgan fingerprint density at radius 2 is 2.20 bits per heavy atom. The number of para-hydroxylation sites is 1. The van der Waals surface area contributed by atoms with Crippen molar-refractivity contribution >= 4 is 39.4 Å². The highest BCUT2D eigenvalue weighted by Gasteiger charge is 2.13. The zero-order valence-electron chi connectivity index (χ0n) is 13.1. The Balaban J connectivity index is 1.97. The normalized spacial score (nSPS) is 11.0. The fourth-order valence-corrected chi connectivity index (χ4v) is 3.02. The van der Waals surface area contributed by atoms with Gasteiger partial charge in [0.1, 0.15) is 11.6 Å². The molecule has 0 bridgehead atoms. The number of aromatic nitrogens is 2. The van der Waals surface area contributed by atoms with Crippen LogP contribution in [-0.4, -0.2) is 15.5 Å². The number of anilines is 1. The summed E-state index contributed by atoms with van der Waals surface area (Å²) in [5.74, 6) is -0.494. The van der Waals surface area contributed by atoms with Gasteiger partial charge >= 0.3 is 0 Å². The molecule has 1 N–H and O–H groups in total. The van der Waals surface area contributed by atoms with Crippen molar-refractivity contribution in [2.75, 3.05) is 5.32 Å². The highest BCUT2D eigenvalue weighted by Crippen LogP contribution is 2.24. The second-order valence-electron chi connectivity index (χ2n) is 5.16. The highest BCUT2D eigenvalue weighted by molar-refractivity contribution is 7.13. The standard InChI is InChI=1S/C18H13N5OS/c19-6-3-8-23-12-14(15-4-1-2-5-16(15)23)10-13(11-20)17(24)22-18-21-7-9-25-18/h1-2,4-5,7,9-10,12H,3,8H2,(H,21,22,24)/b13-10+. The van der Waals surface area contributed by atoms with E-state index in [1.807, 2.05) is 41.1 Å². The van der Waals surface area contributed by atoms with E-state index in [4.69, 9.17) is 5.26 Å². The number of hydrogen-bond acceptors (Lipinski definition) is 5. The molecule has 1 aromatic carbocycles. The van der Waals surface area contributed by atoms with Crippen molar-refractivity contribution in [1.82, 2.24) is 9.55 Å². The number of aryl methyl sites for hydroxylation is 1. The van der Waals surface area contributed by atoms with Gasteiger partial charge in [0.25, 0.3) is 5.91 Å². The van der Waals surface area contributed by atoms with Crippen LogP contribution in [0.15, 0.2) is 47.6 Å². The molecule has 2 heterocycles. The van der Waals surface area contributed by atoms with E-state index in [0.717, 1.165) is 16.5 Å². The lowest BCUT2D eigenvalue weighted by atomic mass is 10.1. The summed E-state index contributed by atoms with van der Waals surface area (Å²) >= 11 is 1.29. The highest BCUT2D eigenvalue weighted by atomic mass is 32.1. The molecule has 1 amide bonds. The third-order valence-corrected chi connectivity index (χ3v) is 4.29. The van der Waals surface area contributed by atoms with E-state index >= 15 is 0 Å². The second kappa shape index (κ2) is 7.43. The van der Waals surface area contributed by atoms with Crippen molar-refractivity contribution in [2.24, 2.45) is 0 Å². The summed E-state index contributed by atoms with van der Waals surface area (Å²) in [4.78, 5) is 16.3. The number of nitrogens with zero attached hydrogens (tertiary/aromatic N) is 4. The molecule has 0 atom stereocenters. The van der Waals surface area contributed by atoms with Crippen LogP contribution in [0.3, 0.4) is 0 Å². The van der Waals surface area contributed by atoms with Crippen molar-refractivity contribution in [2.45, 2.75) is 13.0 Å². The average molecular weight is 347 g/mol. The summed E-state index contributed by atoms with van der Waals surface area (Å²) in [5, 5.41) is 23.9. The second-order valence-corrected chi connectivity index (χ2v) is 6.06. The maximum atomic E-state index is 12.3. The van der Waals surface area contributed by atoms with Crippen molar-refractivity contribution in [3.05, 3.63) is 53.2 Å². The van der Waals surface area contributed by atoms with E-state index in [1.165, 1.54) is 11.3 Å². The first kappa shape index (κ1) is 16.4. The summed E-state index contributed by atoms with van der Waals surface area (Å²) in [6.45, 7) is 0.554. The molecule has 0 saturated carbocycles. The van der Waals surface area contributed by atoms with Crippen LogP contribution < -0.4 is 5.32 Å². The third kappa shape index (κ3) is 3.57. The molecule has 0 saturated heterocycles. The molecule has 122 valence electrons. The fourth-order valence-electron chi connectivity index (χ4n) is 2.50. The van der Waals surface area contributed by atoms with Gasteiger partial charge in [0.15, 0.2) is 5.13 Å². The SMILES string of the molecule is N#CCCn1cc(/C=C(\C#N)C(=O)Nc2nccs2)c2ccccc21. The number of fused-ring (bicyclic) bond motifs is 1. The maximum absolute atomic E-state index is 12.3. The van der Waals surface area contributed by atoms with Crippen LogP contribution in [-0.2, 0) is 11.3 Å². The summed E-state index contributed by atoms with van der Waals surface area (Å²) < 4.78 is 1.96. The van der Waals surface area contributed by atoms with Crippen LogP contribution in [0.5, 0.6) is 0 Å². The van der Waals surface area contributed by atoms with E-state index in [-0.39, 0.29) is 5.57 Å². The summed E-state index contributed by atoms with van der Waals surface area (Å²) in [6, 6.07) is 11.8. The van der Waals surface area contributed by atoms with Crippen molar-refractivity contribution < 1.29 is 4.79 Å². The number of rotatable bonds is 5. The lowest BCUT2D eigenvalue weighted by Gasteiger charge is -2.00. The summed E-state index contributed by atoms with van der Waals surface area (Å²) in [5.41, 5.74) is 1.72. The van der Waals surface area contributed by atoms with Crippen LogP contribution in [0.25, 0.3) is 17.0 Å². The molecule has 6 nitrogen and oxygen atoms in total. The molecule has 3 aromatic rings. The van der Waals surface area contributed by atoms with Gasteiger partial charge in [0.05, 0.1) is 12.5 Å². The van der Waals surface area contributed by atoms with Crippen molar-refractivity contribution in [1.29, 1.82) is 10.5 Å². The first-order valence-electron chi connectivity index (χ1n) is 7.50. The number of thiazole rings is 1. The minimum Gasteiger partial charge on any atom is -0.346 e. The molecular formula is C18H13N5OS. The van der Waals surface area contributed by atoms with Crippen LogP contribution in [0.4, 0.5) is 5.13 Å². The zero-order chi connectivity index (χ0) is 17.6. The van der Waals surface area contributed by atoms with Crippen LogP contribution in [0.1, 0.15) is 12.0 Å². The van der Waals surface area contributed by atoms with Gasteiger partial charge in [-0.1, -0.05) is 18.2 Å². The van der Waals surface area contributed by atoms with Gasteiger partial charge in [-0.15, -0.1) is 11.3 Å². The van der Waals surface area contributed by atoms with Crippen LogP contribution >= 0.6 is 11.3 Å². The molecule has 0 aliphatic carbocycles. The van der Waals surface area contributed by atoms with Gasteiger partial charge < -0.3 is 4.57 Å². The molecule has 25 heavy (non-hydrogen) atoms. The average Bonchev–Trinajstić information content (AvgIpc) is 3.26. The third-order valence-electron chi connectivity index (χ3n) is 3.60. The predicted octanol–water partition coefficient (Wildman–Crippen LogP) is 3.56. The topological polar surface area (TPSA) is 94.5 Å². The fraction of sp³-hybridized carbons (Fsp3) is 0.111. The summed E-state index contributed by atoms with van der Waals surface area (Å²) in [7, 11) is 0. The molecule has 2 aromatic heterocycles. The van der Waals surface area contributed by atoms with Gasteiger partial charge in [0.2, 0.25) is 0 Å². The lowest BCUT2D eigenvalue weighted by Crippen LogP contribution is -2.13. The number of benzene rings is 1. The Kier molecular flexibility index (Phi) is 4.89. The number of amides is 1. The predicted molar refractivity (Wildman–Crippen MR) is 96.5 cm³/mol. The van der Waals surface area contributed by atoms with E-state index in [2.05, 4.69) is 16.4 Å². The monoisotopic (exact) mass is 347 g/mol. The molecule has 0 spiro atoms. The van der Waals surface area contributed by atoms with Crippen LogP contribution in [0.2, 0.25) is 0 Å². The Morgan fingerprint density at radius 3 is 2.92 bits per heavy atom. The van der Waals surface area contributed by atoms with E-state index in [1.54, 1.807) is 17.7 Å². The molecular weight excluding hydrogens is 334 g/mol. The number of nitriles is 2. The Hall–Kier alpha value is -3.42. The molecule has 0 fully saturated rings. The first-order valence-corrected chi connectivity index (χ1v) is 8.38. The van der Waals surface area contributed by atoms with Gasteiger partial charge in [-0.05, 0) is 12.1 Å². The number of hydrogen-bond donors (Lipinski definition) is 1.